The minimum absolute atomic E-state index is 0.00871. The number of amides is 4. The van der Waals surface area contributed by atoms with Crippen molar-refractivity contribution in [2.75, 3.05) is 13.1 Å². The molecule has 4 amide bonds. The van der Waals surface area contributed by atoms with E-state index in [0.717, 1.165) is 31.2 Å². The maximum Gasteiger partial charge on any atom is 0.251 e. The van der Waals surface area contributed by atoms with Crippen LogP contribution in [0.4, 0.5) is 0 Å². The first-order chi connectivity index (χ1) is 18.1. The van der Waals surface area contributed by atoms with E-state index in [1.807, 2.05) is 30.3 Å². The van der Waals surface area contributed by atoms with Crippen molar-refractivity contribution >= 4 is 23.6 Å². The Hall–Kier alpha value is -2.94. The number of likely N-dealkylation sites (tertiary alicyclic amines) is 1. The second-order valence-electron chi connectivity index (χ2n) is 12.7. The Labute approximate surface area is 223 Å². The zero-order valence-corrected chi connectivity index (χ0v) is 22.1. The maximum atomic E-state index is 14.0. The molecule has 2 saturated heterocycles. The van der Waals surface area contributed by atoms with E-state index in [4.69, 9.17) is 0 Å². The largest absolute Gasteiger partial charge is 0.381 e. The Kier molecular flexibility index (Phi) is 6.05. The van der Waals surface area contributed by atoms with E-state index in [0.29, 0.717) is 19.5 Å². The molecule has 9 nitrogen and oxygen atoms in total. The number of nitrogens with one attached hydrogen (secondary N) is 3. The number of hydrogen-bond acceptors (Lipinski definition) is 5. The van der Waals surface area contributed by atoms with E-state index in [-0.39, 0.29) is 53.4 Å². The summed E-state index contributed by atoms with van der Waals surface area (Å²) in [7, 11) is 0. The summed E-state index contributed by atoms with van der Waals surface area (Å²) >= 11 is 0. The van der Waals surface area contributed by atoms with Crippen molar-refractivity contribution in [1.82, 2.24) is 20.9 Å². The molecule has 0 spiro atoms. The highest BCUT2D eigenvalue weighted by Crippen LogP contribution is 2.66. The molecule has 38 heavy (non-hydrogen) atoms. The van der Waals surface area contributed by atoms with Crippen molar-refractivity contribution in [1.29, 1.82) is 0 Å². The van der Waals surface area contributed by atoms with Crippen LogP contribution in [-0.4, -0.2) is 71.0 Å². The van der Waals surface area contributed by atoms with Crippen LogP contribution in [0.2, 0.25) is 0 Å². The molecule has 1 aromatic rings. The summed E-state index contributed by atoms with van der Waals surface area (Å²) in [6, 6.07) is 8.26. The number of aliphatic hydroxyl groups is 1. The number of hydrogen-bond donors (Lipinski definition) is 4. The third-order valence-corrected chi connectivity index (χ3v) is 9.83. The summed E-state index contributed by atoms with van der Waals surface area (Å²) in [6.45, 7) is 5.34. The Morgan fingerprint density at radius 1 is 1.13 bits per heavy atom. The standard InChI is InChI=1S/C29H38N4O5/c1-28(2)19-15-33(27(38)29(11-12-29)17-6-4-3-5-7-17)22(21(19)28)25(36)32-20(14-16-10-13-30-24(16)35)23(34)26(37)31-18-8-9-18/h3-7,16,18-23,34H,8-15H2,1-2H3,(H,30,35)(H,31,37)(H,32,36)/t16-,19-,20-,21-,22-,23?/m0/s1. The van der Waals surface area contributed by atoms with Gasteiger partial charge >= 0.3 is 0 Å². The SMILES string of the molecule is CC1(C)[C@@H]2[C@@H](C(=O)N[C@@H](C[C@@H]3CCNC3=O)C(O)C(=O)NC3CC3)N(C(=O)C3(c4ccccc4)CC3)C[C@@H]21. The van der Waals surface area contributed by atoms with E-state index in [9.17, 15) is 24.3 Å². The highest BCUT2D eigenvalue weighted by atomic mass is 16.3. The summed E-state index contributed by atoms with van der Waals surface area (Å²) in [6.07, 6.45) is 2.57. The maximum absolute atomic E-state index is 14.0. The molecule has 0 bridgehead atoms. The van der Waals surface area contributed by atoms with E-state index in [2.05, 4.69) is 29.8 Å². The van der Waals surface area contributed by atoms with Crippen LogP contribution >= 0.6 is 0 Å². The molecule has 9 heteroatoms. The summed E-state index contributed by atoms with van der Waals surface area (Å²) in [5.74, 6) is -1.14. The number of piperidine rings is 1. The van der Waals surface area contributed by atoms with E-state index in [1.54, 1.807) is 4.90 Å². The predicted molar refractivity (Wildman–Crippen MR) is 138 cm³/mol. The molecule has 1 unspecified atom stereocenters. The molecule has 5 aliphatic rings. The Morgan fingerprint density at radius 3 is 2.45 bits per heavy atom. The van der Waals surface area contributed by atoms with Gasteiger partial charge in [0, 0.05) is 25.0 Å². The number of carbonyl (C=O) groups is 4. The smallest absolute Gasteiger partial charge is 0.251 e. The number of nitrogens with zero attached hydrogens (tertiary/aromatic N) is 1. The highest BCUT2D eigenvalue weighted by Gasteiger charge is 2.71. The van der Waals surface area contributed by atoms with Gasteiger partial charge < -0.3 is 26.0 Å². The molecular weight excluding hydrogens is 484 g/mol. The lowest BCUT2D eigenvalue weighted by Gasteiger charge is -2.35. The lowest BCUT2D eigenvalue weighted by atomic mass is 9.91. The van der Waals surface area contributed by atoms with Gasteiger partial charge in [0.25, 0.3) is 5.91 Å². The predicted octanol–water partition coefficient (Wildman–Crippen LogP) is 0.852. The van der Waals surface area contributed by atoms with Gasteiger partial charge in [-0.15, -0.1) is 0 Å². The van der Waals surface area contributed by atoms with Gasteiger partial charge in [0.1, 0.15) is 6.04 Å². The molecular formula is C29H38N4O5. The first-order valence-corrected chi connectivity index (χ1v) is 14.1. The quantitative estimate of drug-likeness (QED) is 0.382. The first kappa shape index (κ1) is 25.3. The molecule has 2 heterocycles. The summed E-state index contributed by atoms with van der Waals surface area (Å²) in [5.41, 5.74) is 0.345. The van der Waals surface area contributed by atoms with Gasteiger partial charge in [-0.25, -0.2) is 0 Å². The van der Waals surface area contributed by atoms with Crippen LogP contribution in [0.25, 0.3) is 0 Å². The fraction of sp³-hybridized carbons (Fsp3) is 0.655. The van der Waals surface area contributed by atoms with Gasteiger partial charge in [-0.1, -0.05) is 44.2 Å². The third-order valence-electron chi connectivity index (χ3n) is 9.83. The number of fused-ring (bicyclic) bond motifs is 1. The molecule has 2 aliphatic heterocycles. The van der Waals surface area contributed by atoms with Crippen molar-refractivity contribution in [2.24, 2.45) is 23.2 Å². The van der Waals surface area contributed by atoms with Crippen molar-refractivity contribution < 1.29 is 24.3 Å². The highest BCUT2D eigenvalue weighted by molar-refractivity contribution is 5.97. The average Bonchev–Trinajstić information content (AvgIpc) is 3.85. The summed E-state index contributed by atoms with van der Waals surface area (Å²) in [4.78, 5) is 54.8. The van der Waals surface area contributed by atoms with E-state index >= 15 is 0 Å². The second kappa shape index (κ2) is 9.07. The number of benzene rings is 1. The topological polar surface area (TPSA) is 128 Å². The van der Waals surface area contributed by atoms with Crippen molar-refractivity contribution in [3.63, 3.8) is 0 Å². The van der Waals surface area contributed by atoms with Gasteiger partial charge in [0.2, 0.25) is 17.7 Å². The van der Waals surface area contributed by atoms with Crippen LogP contribution in [0.5, 0.6) is 0 Å². The zero-order chi connectivity index (χ0) is 26.8. The lowest BCUT2D eigenvalue weighted by Crippen LogP contribution is -2.58. The molecule has 3 aliphatic carbocycles. The number of aliphatic hydroxyl groups excluding tert-OH is 1. The molecule has 1 aromatic carbocycles. The minimum atomic E-state index is -1.47. The molecule has 0 aromatic heterocycles. The monoisotopic (exact) mass is 522 g/mol. The van der Waals surface area contributed by atoms with Gasteiger partial charge in [-0.05, 0) is 61.3 Å². The molecule has 0 radical (unpaired) electrons. The number of carbonyl (C=O) groups excluding carboxylic acids is 4. The molecule has 6 atom stereocenters. The van der Waals surface area contributed by atoms with Crippen LogP contribution in [0.3, 0.4) is 0 Å². The van der Waals surface area contributed by atoms with Crippen LogP contribution in [-0.2, 0) is 24.6 Å². The van der Waals surface area contributed by atoms with Crippen LogP contribution in [0.15, 0.2) is 30.3 Å². The molecule has 6 rings (SSSR count). The number of rotatable bonds is 9. The Morgan fingerprint density at radius 2 is 1.84 bits per heavy atom. The van der Waals surface area contributed by atoms with Gasteiger partial charge in [0.15, 0.2) is 6.10 Å². The molecule has 5 fully saturated rings. The third kappa shape index (κ3) is 4.28. The van der Waals surface area contributed by atoms with Crippen molar-refractivity contribution in [2.45, 2.75) is 82.0 Å². The zero-order valence-electron chi connectivity index (χ0n) is 22.1. The van der Waals surface area contributed by atoms with Crippen LogP contribution in [0.1, 0.15) is 57.9 Å². The fourth-order valence-electron chi connectivity index (χ4n) is 6.99. The van der Waals surface area contributed by atoms with Gasteiger partial charge in [-0.3, -0.25) is 19.2 Å². The Bertz CT molecular complexity index is 1140. The summed E-state index contributed by atoms with van der Waals surface area (Å²) in [5, 5.41) is 19.5. The van der Waals surface area contributed by atoms with Crippen molar-refractivity contribution in [3.8, 4) is 0 Å². The Balaban J connectivity index is 1.23. The minimum Gasteiger partial charge on any atom is -0.381 e. The van der Waals surface area contributed by atoms with Crippen LogP contribution in [0, 0.1) is 23.2 Å². The normalized spacial score (nSPS) is 31.6. The summed E-state index contributed by atoms with van der Waals surface area (Å²) < 4.78 is 0. The fourth-order valence-corrected chi connectivity index (χ4v) is 6.99. The van der Waals surface area contributed by atoms with E-state index < -0.39 is 29.5 Å². The average molecular weight is 523 g/mol. The lowest BCUT2D eigenvalue weighted by molar-refractivity contribution is -0.143. The molecule has 204 valence electrons. The second-order valence-corrected chi connectivity index (χ2v) is 12.7. The van der Waals surface area contributed by atoms with Crippen LogP contribution < -0.4 is 16.0 Å². The van der Waals surface area contributed by atoms with E-state index in [1.165, 1.54) is 0 Å². The van der Waals surface area contributed by atoms with Gasteiger partial charge in [0.05, 0.1) is 11.5 Å². The van der Waals surface area contributed by atoms with Gasteiger partial charge in [-0.2, -0.15) is 0 Å². The van der Waals surface area contributed by atoms with Crippen molar-refractivity contribution in [3.05, 3.63) is 35.9 Å². The molecule has 4 N–H and O–H groups in total. The molecule has 3 saturated carbocycles. The first-order valence-electron chi connectivity index (χ1n) is 14.1.